The molecule has 0 aliphatic carbocycles. The lowest BCUT2D eigenvalue weighted by Crippen LogP contribution is -2.38. The van der Waals surface area contributed by atoms with Crippen molar-refractivity contribution < 1.29 is 0 Å². The minimum atomic E-state index is 0.727. The molecule has 0 aromatic heterocycles. The van der Waals surface area contributed by atoms with Gasteiger partial charge >= 0.3 is 0 Å². The lowest BCUT2D eigenvalue weighted by atomic mass is 10.0. The molecular formula is C17H28N2. The Morgan fingerprint density at radius 1 is 1.26 bits per heavy atom. The maximum Gasteiger partial charge on any atom is 0.0242 e. The van der Waals surface area contributed by atoms with Gasteiger partial charge in [0.25, 0.3) is 0 Å². The van der Waals surface area contributed by atoms with Crippen LogP contribution in [0.4, 0.5) is 0 Å². The maximum atomic E-state index is 3.58. The topological polar surface area (TPSA) is 15.3 Å². The van der Waals surface area contributed by atoms with Crippen LogP contribution in [0.2, 0.25) is 0 Å². The summed E-state index contributed by atoms with van der Waals surface area (Å²) >= 11 is 0. The van der Waals surface area contributed by atoms with Gasteiger partial charge in [-0.15, -0.1) is 0 Å². The van der Waals surface area contributed by atoms with Crippen molar-refractivity contribution in [1.82, 2.24) is 10.2 Å². The minimum absolute atomic E-state index is 0.727. The molecule has 1 N–H and O–H groups in total. The van der Waals surface area contributed by atoms with E-state index >= 15 is 0 Å². The first-order valence-corrected chi connectivity index (χ1v) is 7.72. The molecule has 0 radical (unpaired) electrons. The molecule has 106 valence electrons. The zero-order chi connectivity index (χ0) is 13.7. The van der Waals surface area contributed by atoms with E-state index in [0.717, 1.165) is 25.7 Å². The number of benzene rings is 1. The summed E-state index contributed by atoms with van der Waals surface area (Å²) < 4.78 is 0. The molecule has 1 aliphatic rings. The van der Waals surface area contributed by atoms with Crippen LogP contribution in [0, 0.1) is 13.8 Å². The molecule has 1 atom stereocenters. The average molecular weight is 260 g/mol. The minimum Gasteiger partial charge on any atom is -0.315 e. The van der Waals surface area contributed by atoms with E-state index in [9.17, 15) is 0 Å². The second-order valence-electron chi connectivity index (χ2n) is 5.84. The summed E-state index contributed by atoms with van der Waals surface area (Å²) in [7, 11) is 0. The van der Waals surface area contributed by atoms with E-state index in [1.54, 1.807) is 0 Å². The third-order valence-corrected chi connectivity index (χ3v) is 4.31. The van der Waals surface area contributed by atoms with Crippen LogP contribution in [0.25, 0.3) is 0 Å². The molecule has 1 aromatic rings. The van der Waals surface area contributed by atoms with Crippen LogP contribution >= 0.6 is 0 Å². The Balaban J connectivity index is 1.97. The molecule has 2 nitrogen and oxygen atoms in total. The molecule has 1 fully saturated rings. The maximum absolute atomic E-state index is 3.58. The summed E-state index contributed by atoms with van der Waals surface area (Å²) in [6.07, 6.45) is 3.93. The second-order valence-corrected chi connectivity index (χ2v) is 5.84. The van der Waals surface area contributed by atoms with Gasteiger partial charge in [0, 0.05) is 19.1 Å². The molecule has 2 heteroatoms. The van der Waals surface area contributed by atoms with Gasteiger partial charge in [-0.3, -0.25) is 4.90 Å². The van der Waals surface area contributed by atoms with Gasteiger partial charge < -0.3 is 5.32 Å². The van der Waals surface area contributed by atoms with Crippen molar-refractivity contribution >= 4 is 0 Å². The second kappa shape index (κ2) is 7.06. The molecule has 0 saturated carbocycles. The van der Waals surface area contributed by atoms with Crippen LogP contribution in [0.3, 0.4) is 0 Å². The van der Waals surface area contributed by atoms with Crippen LogP contribution in [0.1, 0.15) is 42.9 Å². The lowest BCUT2D eigenvalue weighted by Gasteiger charge is -2.26. The molecule has 0 spiro atoms. The summed E-state index contributed by atoms with van der Waals surface area (Å²) in [5, 5.41) is 3.58. The van der Waals surface area contributed by atoms with Gasteiger partial charge in [-0.1, -0.05) is 25.1 Å². The molecule has 1 unspecified atom stereocenters. The fourth-order valence-electron chi connectivity index (χ4n) is 3.08. The molecule has 0 amide bonds. The quantitative estimate of drug-likeness (QED) is 0.790. The van der Waals surface area contributed by atoms with E-state index in [1.807, 2.05) is 0 Å². The fourth-order valence-corrected chi connectivity index (χ4v) is 3.08. The number of rotatable bonds is 6. The number of likely N-dealkylation sites (tertiary alicyclic amines) is 1. The summed E-state index contributed by atoms with van der Waals surface area (Å²) in [5.41, 5.74) is 4.41. The van der Waals surface area contributed by atoms with Crippen molar-refractivity contribution in [3.63, 3.8) is 0 Å². The van der Waals surface area contributed by atoms with Gasteiger partial charge in [0.15, 0.2) is 0 Å². The molecule has 1 saturated heterocycles. The Morgan fingerprint density at radius 3 is 2.68 bits per heavy atom. The van der Waals surface area contributed by atoms with E-state index in [4.69, 9.17) is 0 Å². The average Bonchev–Trinajstić information content (AvgIpc) is 2.82. The highest BCUT2D eigenvalue weighted by atomic mass is 15.2. The summed E-state index contributed by atoms with van der Waals surface area (Å²) in [4.78, 5) is 2.66. The number of aryl methyl sites for hydroxylation is 2. The van der Waals surface area contributed by atoms with E-state index in [0.29, 0.717) is 0 Å². The standard InChI is InChI=1S/C17H28N2/c1-4-10-18-12-16-9-6-11-19(16)13-17-14(2)7-5-8-15(17)3/h5,7-8,16,18H,4,6,9-13H2,1-3H3. The van der Waals surface area contributed by atoms with Crippen LogP contribution in [0.15, 0.2) is 18.2 Å². The largest absolute Gasteiger partial charge is 0.315 e. The van der Waals surface area contributed by atoms with Crippen LogP contribution in [-0.4, -0.2) is 30.6 Å². The van der Waals surface area contributed by atoms with Crippen molar-refractivity contribution in [2.24, 2.45) is 0 Å². The highest BCUT2D eigenvalue weighted by molar-refractivity contribution is 5.33. The molecule has 1 heterocycles. The molecule has 2 rings (SSSR count). The van der Waals surface area contributed by atoms with Gasteiger partial charge in [-0.05, 0) is 62.9 Å². The van der Waals surface area contributed by atoms with Crippen LogP contribution in [0.5, 0.6) is 0 Å². The number of nitrogens with zero attached hydrogens (tertiary/aromatic N) is 1. The van der Waals surface area contributed by atoms with E-state index in [2.05, 4.69) is 49.2 Å². The van der Waals surface area contributed by atoms with Gasteiger partial charge in [-0.2, -0.15) is 0 Å². The first-order valence-electron chi connectivity index (χ1n) is 7.72. The van der Waals surface area contributed by atoms with Crippen LogP contribution < -0.4 is 5.32 Å². The number of hydrogen-bond acceptors (Lipinski definition) is 2. The first kappa shape index (κ1) is 14.5. The van der Waals surface area contributed by atoms with Gasteiger partial charge in [-0.25, -0.2) is 0 Å². The summed E-state index contributed by atoms with van der Waals surface area (Å²) in [5.74, 6) is 0. The highest BCUT2D eigenvalue weighted by Gasteiger charge is 2.24. The number of hydrogen-bond donors (Lipinski definition) is 1. The van der Waals surface area contributed by atoms with Gasteiger partial charge in [0.05, 0.1) is 0 Å². The Kier molecular flexibility index (Phi) is 5.41. The van der Waals surface area contributed by atoms with Crippen molar-refractivity contribution in [3.05, 3.63) is 34.9 Å². The Morgan fingerprint density at radius 2 is 2.00 bits per heavy atom. The molecule has 1 aromatic carbocycles. The first-order chi connectivity index (χ1) is 9.22. The lowest BCUT2D eigenvalue weighted by molar-refractivity contribution is 0.238. The third-order valence-electron chi connectivity index (χ3n) is 4.31. The zero-order valence-corrected chi connectivity index (χ0v) is 12.7. The summed E-state index contributed by atoms with van der Waals surface area (Å²) in [6, 6.07) is 7.37. The Bertz CT molecular complexity index is 380. The molecule has 1 aliphatic heterocycles. The Hall–Kier alpha value is -0.860. The fraction of sp³-hybridized carbons (Fsp3) is 0.647. The Labute approximate surface area is 118 Å². The van der Waals surface area contributed by atoms with Gasteiger partial charge in [0.2, 0.25) is 0 Å². The highest BCUT2D eigenvalue weighted by Crippen LogP contribution is 2.22. The predicted octanol–water partition coefficient (Wildman–Crippen LogP) is 3.27. The summed E-state index contributed by atoms with van der Waals surface area (Å²) in [6.45, 7) is 11.4. The van der Waals surface area contributed by atoms with E-state index in [-0.39, 0.29) is 0 Å². The SMILES string of the molecule is CCCNCC1CCCN1Cc1c(C)cccc1C. The van der Waals surface area contributed by atoms with Crippen molar-refractivity contribution in [2.45, 2.75) is 52.6 Å². The zero-order valence-electron chi connectivity index (χ0n) is 12.7. The smallest absolute Gasteiger partial charge is 0.0242 e. The van der Waals surface area contributed by atoms with Crippen LogP contribution in [-0.2, 0) is 6.54 Å². The van der Waals surface area contributed by atoms with Crippen molar-refractivity contribution in [2.75, 3.05) is 19.6 Å². The normalized spacial score (nSPS) is 20.1. The molecule has 0 bridgehead atoms. The predicted molar refractivity (Wildman–Crippen MR) is 82.5 cm³/mol. The molecular weight excluding hydrogens is 232 g/mol. The van der Waals surface area contributed by atoms with E-state index < -0.39 is 0 Å². The number of nitrogens with one attached hydrogen (secondary N) is 1. The van der Waals surface area contributed by atoms with Gasteiger partial charge in [0.1, 0.15) is 0 Å². The van der Waals surface area contributed by atoms with Crippen molar-refractivity contribution in [1.29, 1.82) is 0 Å². The van der Waals surface area contributed by atoms with E-state index in [1.165, 1.54) is 42.5 Å². The third kappa shape index (κ3) is 3.80. The monoisotopic (exact) mass is 260 g/mol. The van der Waals surface area contributed by atoms with Crippen molar-refractivity contribution in [3.8, 4) is 0 Å². The molecule has 19 heavy (non-hydrogen) atoms.